The monoisotopic (exact) mass is 318 g/mol. The number of benzene rings is 1. The Morgan fingerprint density at radius 2 is 1.79 bits per heavy atom. The molecule has 0 bridgehead atoms. The molecule has 0 fully saturated rings. The fourth-order valence-corrected chi connectivity index (χ4v) is 2.93. The smallest absolute Gasteiger partial charge is 0.306 e. The number of hydrogen-bond acceptors (Lipinski definition) is 3. The van der Waals surface area contributed by atoms with Crippen molar-refractivity contribution < 1.29 is 8.81 Å². The van der Waals surface area contributed by atoms with E-state index in [4.69, 9.17) is 4.42 Å². The van der Waals surface area contributed by atoms with Gasteiger partial charge in [-0.3, -0.25) is 4.40 Å². The van der Waals surface area contributed by atoms with E-state index in [9.17, 15) is 4.39 Å². The predicted octanol–water partition coefficient (Wildman–Crippen LogP) is 4.05. The van der Waals surface area contributed by atoms with Gasteiger partial charge in [-0.1, -0.05) is 0 Å². The summed E-state index contributed by atoms with van der Waals surface area (Å²) < 4.78 is 22.5. The first kappa shape index (κ1) is 13.1. The number of aromatic nitrogens is 4. The average Bonchev–Trinajstić information content (AvgIpc) is 3.29. The van der Waals surface area contributed by atoms with Gasteiger partial charge in [0.25, 0.3) is 0 Å². The molecule has 0 aliphatic rings. The van der Waals surface area contributed by atoms with Crippen molar-refractivity contribution in [3.63, 3.8) is 0 Å². The van der Waals surface area contributed by atoms with Crippen LogP contribution in [0.15, 0.2) is 71.9 Å². The molecule has 0 radical (unpaired) electrons. The van der Waals surface area contributed by atoms with Gasteiger partial charge < -0.3 is 8.82 Å². The van der Waals surface area contributed by atoms with Gasteiger partial charge in [-0.25, -0.2) is 9.37 Å². The van der Waals surface area contributed by atoms with Gasteiger partial charge in [-0.05, 0) is 36.4 Å². The van der Waals surface area contributed by atoms with E-state index in [1.54, 1.807) is 24.6 Å². The molecular weight excluding hydrogens is 307 g/mol. The van der Waals surface area contributed by atoms with Gasteiger partial charge in [-0.15, -0.1) is 0 Å². The maximum Gasteiger partial charge on any atom is 0.306 e. The van der Waals surface area contributed by atoms with Crippen molar-refractivity contribution in [2.75, 3.05) is 0 Å². The molecule has 0 aliphatic carbocycles. The number of fused-ring (bicyclic) bond motifs is 2. The molecule has 24 heavy (non-hydrogen) atoms. The van der Waals surface area contributed by atoms with Crippen molar-refractivity contribution in [2.45, 2.75) is 0 Å². The number of imidazole rings is 2. The maximum absolute atomic E-state index is 13.3. The zero-order chi connectivity index (χ0) is 16.1. The van der Waals surface area contributed by atoms with Crippen LogP contribution >= 0.6 is 0 Å². The van der Waals surface area contributed by atoms with Crippen LogP contribution < -0.4 is 0 Å². The highest BCUT2D eigenvalue weighted by Gasteiger charge is 2.18. The van der Waals surface area contributed by atoms with Gasteiger partial charge >= 0.3 is 5.84 Å². The molecule has 0 spiro atoms. The zero-order valence-corrected chi connectivity index (χ0v) is 12.4. The SMILES string of the molecule is Fc1ccc(-c2nc3occn3c2-c2ccc3nccn3c2)cc1. The third-order valence-corrected chi connectivity index (χ3v) is 4.04. The van der Waals surface area contributed by atoms with Crippen molar-refractivity contribution >= 4 is 11.5 Å². The Hall–Kier alpha value is -3.41. The summed E-state index contributed by atoms with van der Waals surface area (Å²) in [5.41, 5.74) is 4.30. The van der Waals surface area contributed by atoms with Crippen molar-refractivity contribution in [2.24, 2.45) is 0 Å². The molecule has 0 aliphatic heterocycles. The molecule has 1 aromatic carbocycles. The van der Waals surface area contributed by atoms with Gasteiger partial charge in [0.05, 0.1) is 5.69 Å². The van der Waals surface area contributed by atoms with Crippen LogP contribution in [0.1, 0.15) is 0 Å². The van der Waals surface area contributed by atoms with E-state index < -0.39 is 0 Å². The van der Waals surface area contributed by atoms with Gasteiger partial charge in [0.1, 0.15) is 23.4 Å². The number of rotatable bonds is 2. The largest absolute Gasteiger partial charge is 0.432 e. The van der Waals surface area contributed by atoms with Crippen molar-refractivity contribution in [1.29, 1.82) is 0 Å². The highest BCUT2D eigenvalue weighted by atomic mass is 19.1. The summed E-state index contributed by atoms with van der Waals surface area (Å²) >= 11 is 0. The van der Waals surface area contributed by atoms with Crippen molar-refractivity contribution in [3.05, 3.63) is 73.3 Å². The van der Waals surface area contributed by atoms with E-state index in [2.05, 4.69) is 9.97 Å². The van der Waals surface area contributed by atoms with Crippen LogP contribution in [-0.2, 0) is 0 Å². The second-order valence-corrected chi connectivity index (χ2v) is 5.48. The Morgan fingerprint density at radius 3 is 2.67 bits per heavy atom. The van der Waals surface area contributed by atoms with Crippen LogP contribution in [0.3, 0.4) is 0 Å². The Labute approximate surface area is 135 Å². The highest BCUT2D eigenvalue weighted by Crippen LogP contribution is 2.33. The van der Waals surface area contributed by atoms with E-state index in [0.717, 1.165) is 28.2 Å². The van der Waals surface area contributed by atoms with Gasteiger partial charge in [0.2, 0.25) is 0 Å². The van der Waals surface area contributed by atoms with E-state index >= 15 is 0 Å². The molecule has 0 saturated heterocycles. The number of pyridine rings is 1. The summed E-state index contributed by atoms with van der Waals surface area (Å²) in [6.07, 6.45) is 9.05. The molecule has 0 atom stereocenters. The molecular formula is C18H11FN4O. The first-order chi connectivity index (χ1) is 11.8. The molecule has 5 nitrogen and oxygen atoms in total. The fraction of sp³-hybridized carbons (Fsp3) is 0. The lowest BCUT2D eigenvalue weighted by molar-refractivity contribution is 0.596. The zero-order valence-electron chi connectivity index (χ0n) is 12.4. The summed E-state index contributed by atoms with van der Waals surface area (Å²) in [6.45, 7) is 0. The molecule has 116 valence electrons. The Kier molecular flexibility index (Phi) is 2.61. The summed E-state index contributed by atoms with van der Waals surface area (Å²) in [5, 5.41) is 0. The molecule has 0 amide bonds. The van der Waals surface area contributed by atoms with E-state index in [0.29, 0.717) is 5.84 Å². The van der Waals surface area contributed by atoms with Crippen molar-refractivity contribution in [3.8, 4) is 22.5 Å². The minimum atomic E-state index is -0.275. The van der Waals surface area contributed by atoms with Crippen molar-refractivity contribution in [1.82, 2.24) is 18.8 Å². The summed E-state index contributed by atoms with van der Waals surface area (Å²) in [6, 6.07) is 10.2. The van der Waals surface area contributed by atoms with Crippen LogP contribution in [0.4, 0.5) is 4.39 Å². The number of hydrogen-bond donors (Lipinski definition) is 0. The van der Waals surface area contributed by atoms with Crippen LogP contribution in [0.5, 0.6) is 0 Å². The molecule has 5 aromatic rings. The van der Waals surface area contributed by atoms with Crippen LogP contribution in [0.2, 0.25) is 0 Å². The summed E-state index contributed by atoms with van der Waals surface area (Å²) in [7, 11) is 0. The van der Waals surface area contributed by atoms with Crippen LogP contribution in [0.25, 0.3) is 34.0 Å². The molecule has 5 rings (SSSR count). The minimum Gasteiger partial charge on any atom is -0.432 e. The first-order valence-corrected chi connectivity index (χ1v) is 7.44. The predicted molar refractivity (Wildman–Crippen MR) is 87.0 cm³/mol. The Bertz CT molecular complexity index is 1170. The van der Waals surface area contributed by atoms with Gasteiger partial charge in [-0.2, -0.15) is 4.98 Å². The lowest BCUT2D eigenvalue weighted by Gasteiger charge is -2.05. The average molecular weight is 318 g/mol. The minimum absolute atomic E-state index is 0.275. The standard InChI is InChI=1S/C18H11FN4O/c19-14-4-1-12(2-5-14)16-17(23-9-10-24-18(23)21-16)13-3-6-15-20-7-8-22(15)11-13/h1-11H. The van der Waals surface area contributed by atoms with Gasteiger partial charge in [0.15, 0.2) is 0 Å². The number of nitrogens with zero attached hydrogens (tertiary/aromatic N) is 4. The fourth-order valence-electron chi connectivity index (χ4n) is 2.93. The second-order valence-electron chi connectivity index (χ2n) is 5.48. The number of oxazole rings is 1. The molecule has 4 aromatic heterocycles. The molecule has 0 unspecified atom stereocenters. The quantitative estimate of drug-likeness (QED) is 0.493. The van der Waals surface area contributed by atoms with Crippen LogP contribution in [-0.4, -0.2) is 18.8 Å². The number of halogens is 1. The highest BCUT2D eigenvalue weighted by molar-refractivity contribution is 5.81. The summed E-state index contributed by atoms with van der Waals surface area (Å²) in [5.74, 6) is 0.220. The third kappa shape index (κ3) is 1.86. The lowest BCUT2D eigenvalue weighted by atomic mass is 10.1. The molecule has 0 N–H and O–H groups in total. The molecule has 0 saturated carbocycles. The Balaban J connectivity index is 1.80. The lowest BCUT2D eigenvalue weighted by Crippen LogP contribution is -1.91. The Morgan fingerprint density at radius 1 is 0.958 bits per heavy atom. The normalized spacial score (nSPS) is 11.5. The molecule has 6 heteroatoms. The van der Waals surface area contributed by atoms with Gasteiger partial charge in [0, 0.05) is 35.9 Å². The molecule has 4 heterocycles. The summed E-state index contributed by atoms with van der Waals surface area (Å²) in [4.78, 5) is 8.83. The van der Waals surface area contributed by atoms with E-state index in [-0.39, 0.29) is 5.82 Å². The maximum atomic E-state index is 13.3. The topological polar surface area (TPSA) is 47.7 Å². The van der Waals surface area contributed by atoms with E-state index in [1.165, 1.54) is 12.1 Å². The van der Waals surface area contributed by atoms with Crippen LogP contribution in [0, 0.1) is 5.82 Å². The first-order valence-electron chi connectivity index (χ1n) is 7.44. The second kappa shape index (κ2) is 4.79. The van der Waals surface area contributed by atoms with E-state index in [1.807, 2.05) is 39.5 Å². The third-order valence-electron chi connectivity index (χ3n) is 4.04.